The average molecular weight is 472 g/mol. The van der Waals surface area contributed by atoms with Crippen molar-refractivity contribution in [3.8, 4) is 0 Å². The van der Waals surface area contributed by atoms with Gasteiger partial charge in [0.15, 0.2) is 0 Å². The van der Waals surface area contributed by atoms with Gasteiger partial charge in [-0.15, -0.1) is 4.40 Å². The van der Waals surface area contributed by atoms with Gasteiger partial charge in [0.2, 0.25) is 5.82 Å². The first-order valence-electron chi connectivity index (χ1n) is 10.6. The van der Waals surface area contributed by atoms with Crippen molar-refractivity contribution in [3.63, 3.8) is 0 Å². The normalized spacial score (nSPS) is 25.7. The zero-order valence-corrected chi connectivity index (χ0v) is 18.3. The Balaban J connectivity index is 1.63. The van der Waals surface area contributed by atoms with Crippen molar-refractivity contribution in [2.24, 2.45) is 22.2 Å². The second-order valence-electron chi connectivity index (χ2n) is 8.67. The lowest BCUT2D eigenvalue weighted by Gasteiger charge is -2.31. The number of allylic oxidation sites excluding steroid dienone is 1. The third kappa shape index (κ3) is 5.11. The fourth-order valence-corrected chi connectivity index (χ4v) is 5.30. The molecule has 3 aliphatic rings. The predicted octanol–water partition coefficient (Wildman–Crippen LogP) is 3.56. The summed E-state index contributed by atoms with van der Waals surface area (Å²) in [7, 11) is -4.13. The number of hydrogen-bond acceptors (Lipinski definition) is 5. The van der Waals surface area contributed by atoms with Crippen LogP contribution in [0.1, 0.15) is 51.3 Å². The topological polar surface area (TPSA) is 105 Å². The maximum atomic E-state index is 13.0. The third-order valence-electron chi connectivity index (χ3n) is 5.99. The monoisotopic (exact) mass is 471 g/mol. The number of nitrogens with one attached hydrogen (secondary N) is 1. The molecule has 0 spiro atoms. The zero-order valence-electron chi connectivity index (χ0n) is 17.5. The summed E-state index contributed by atoms with van der Waals surface area (Å²) < 4.78 is 69.6. The van der Waals surface area contributed by atoms with Gasteiger partial charge in [-0.1, -0.05) is 19.8 Å². The van der Waals surface area contributed by atoms with Crippen molar-refractivity contribution in [2.45, 2.75) is 51.6 Å². The van der Waals surface area contributed by atoms with Crippen molar-refractivity contribution >= 4 is 27.6 Å². The average Bonchev–Trinajstić information content (AvgIpc) is 3.53. The van der Waals surface area contributed by atoms with Gasteiger partial charge in [0.05, 0.1) is 5.71 Å². The molecule has 2 aliphatic carbocycles. The second kappa shape index (κ2) is 8.45. The Morgan fingerprint density at radius 3 is 2.50 bits per heavy atom. The molecule has 12 heteroatoms. The summed E-state index contributed by atoms with van der Waals surface area (Å²) in [5.41, 5.74) is 0.181. The van der Waals surface area contributed by atoms with Gasteiger partial charge in [-0.3, -0.25) is 4.79 Å². The van der Waals surface area contributed by atoms with Crippen molar-refractivity contribution in [1.29, 1.82) is 0 Å². The Kier molecular flexibility index (Phi) is 5.99. The maximum Gasteiger partial charge on any atom is 0.451 e. The van der Waals surface area contributed by atoms with Gasteiger partial charge in [0.25, 0.3) is 5.91 Å². The lowest BCUT2D eigenvalue weighted by atomic mass is 9.80. The minimum atomic E-state index is -4.77. The largest absolute Gasteiger partial charge is 0.451 e. The number of carbonyl (C=O) groups is 1. The highest BCUT2D eigenvalue weighted by atomic mass is 32.2. The Morgan fingerprint density at radius 1 is 1.19 bits per heavy atom. The molecule has 1 N–H and O–H groups in total. The Morgan fingerprint density at radius 2 is 1.88 bits per heavy atom. The number of carbonyl (C=O) groups excluding carboxylic acids is 1. The summed E-state index contributed by atoms with van der Waals surface area (Å²) >= 11 is 0. The number of halogens is 3. The van der Waals surface area contributed by atoms with Crippen LogP contribution in [0.2, 0.25) is 0 Å². The molecular formula is C20H24F3N5O3S. The van der Waals surface area contributed by atoms with Gasteiger partial charge in [-0.05, 0) is 49.7 Å². The Labute approximate surface area is 184 Å². The van der Waals surface area contributed by atoms with E-state index in [0.717, 1.165) is 55.1 Å². The Hall–Kier alpha value is -2.50. The molecule has 0 atom stereocenters. The van der Waals surface area contributed by atoms with E-state index in [1.54, 1.807) is 0 Å². The highest BCUT2D eigenvalue weighted by molar-refractivity contribution is 7.88. The first kappa shape index (κ1) is 22.7. The van der Waals surface area contributed by atoms with Crippen molar-refractivity contribution in [1.82, 2.24) is 14.3 Å². The molecule has 0 bridgehead atoms. The molecule has 2 fully saturated rings. The molecule has 0 saturated heterocycles. The summed E-state index contributed by atoms with van der Waals surface area (Å²) in [5.74, 6) is -2.01. The highest BCUT2D eigenvalue weighted by Gasteiger charge is 2.39. The lowest BCUT2D eigenvalue weighted by Crippen LogP contribution is -2.40. The molecule has 0 unspecified atom stereocenters. The smallest absolute Gasteiger partial charge is 0.305 e. The van der Waals surface area contributed by atoms with Crippen LogP contribution in [0.3, 0.4) is 0 Å². The minimum Gasteiger partial charge on any atom is -0.305 e. The maximum absolute atomic E-state index is 13.0. The van der Waals surface area contributed by atoms with E-state index in [9.17, 15) is 26.4 Å². The van der Waals surface area contributed by atoms with Gasteiger partial charge in [-0.2, -0.15) is 21.6 Å². The van der Waals surface area contributed by atoms with Crippen LogP contribution in [0, 0.1) is 17.8 Å². The van der Waals surface area contributed by atoms with E-state index in [1.165, 1.54) is 6.08 Å². The predicted molar refractivity (Wildman–Crippen MR) is 111 cm³/mol. The molecule has 0 radical (unpaired) electrons. The van der Waals surface area contributed by atoms with Crippen LogP contribution >= 0.6 is 0 Å². The third-order valence-corrected chi connectivity index (χ3v) is 7.34. The van der Waals surface area contributed by atoms with Gasteiger partial charge >= 0.3 is 16.4 Å². The molecule has 174 valence electrons. The van der Waals surface area contributed by atoms with Crippen LogP contribution in [0.5, 0.6) is 0 Å². The summed E-state index contributed by atoms with van der Waals surface area (Å²) in [6.45, 7) is 2.25. The molecule has 2 heterocycles. The van der Waals surface area contributed by atoms with Crippen molar-refractivity contribution in [2.75, 3.05) is 11.9 Å². The summed E-state index contributed by atoms with van der Waals surface area (Å²) in [6.07, 6.45) is 2.68. The van der Waals surface area contributed by atoms with Crippen LogP contribution in [0.25, 0.3) is 0 Å². The molecule has 0 aromatic carbocycles. The van der Waals surface area contributed by atoms with E-state index >= 15 is 0 Å². The van der Waals surface area contributed by atoms with E-state index in [4.69, 9.17) is 0 Å². The van der Waals surface area contributed by atoms with E-state index in [1.807, 2.05) is 0 Å². The number of amides is 1. The van der Waals surface area contributed by atoms with E-state index in [0.29, 0.717) is 11.6 Å². The zero-order chi connectivity index (χ0) is 23.1. The van der Waals surface area contributed by atoms with Crippen LogP contribution < -0.4 is 5.32 Å². The number of aromatic nitrogens is 2. The molecule has 32 heavy (non-hydrogen) atoms. The van der Waals surface area contributed by atoms with Gasteiger partial charge in [0, 0.05) is 18.7 Å². The van der Waals surface area contributed by atoms with Crippen LogP contribution in [-0.4, -0.2) is 40.9 Å². The molecule has 1 aliphatic heterocycles. The number of rotatable bonds is 5. The van der Waals surface area contributed by atoms with Crippen LogP contribution in [0.15, 0.2) is 28.4 Å². The van der Waals surface area contributed by atoms with E-state index in [2.05, 4.69) is 26.6 Å². The van der Waals surface area contributed by atoms with Gasteiger partial charge in [-0.25, -0.2) is 14.3 Å². The number of hydrogen-bond donors (Lipinski definition) is 1. The quantitative estimate of drug-likeness (QED) is 0.707. The molecule has 1 amide bonds. The molecule has 4 rings (SSSR count). The molecule has 1 aromatic heterocycles. The first-order valence-corrected chi connectivity index (χ1v) is 12.0. The van der Waals surface area contributed by atoms with Crippen molar-refractivity contribution < 1.29 is 26.4 Å². The fourth-order valence-electron chi connectivity index (χ4n) is 3.94. The van der Waals surface area contributed by atoms with Gasteiger partial charge in [0.1, 0.15) is 11.5 Å². The fraction of sp³-hybridized carbons (Fsp3) is 0.600. The van der Waals surface area contributed by atoms with Crippen LogP contribution in [0.4, 0.5) is 19.0 Å². The lowest BCUT2D eigenvalue weighted by molar-refractivity contribution is -0.144. The number of nitrogens with zero attached hydrogens (tertiary/aromatic N) is 4. The van der Waals surface area contributed by atoms with E-state index in [-0.39, 0.29) is 29.9 Å². The van der Waals surface area contributed by atoms with E-state index < -0.39 is 28.1 Å². The summed E-state index contributed by atoms with van der Waals surface area (Å²) in [6, 6.07) is 1.12. The number of anilines is 1. The number of alkyl halides is 3. The minimum absolute atomic E-state index is 0.0808. The van der Waals surface area contributed by atoms with Gasteiger partial charge < -0.3 is 5.32 Å². The summed E-state index contributed by atoms with van der Waals surface area (Å²) in [5, 5.41) is 2.30. The molecule has 2 saturated carbocycles. The summed E-state index contributed by atoms with van der Waals surface area (Å²) in [4.78, 5) is 19.5. The molecular weight excluding hydrogens is 447 g/mol. The molecule has 8 nitrogen and oxygen atoms in total. The first-order chi connectivity index (χ1) is 15.0. The Bertz CT molecular complexity index is 1060. The van der Waals surface area contributed by atoms with Crippen molar-refractivity contribution in [3.05, 3.63) is 29.9 Å². The second-order valence-corrected chi connectivity index (χ2v) is 10.2. The van der Waals surface area contributed by atoms with Crippen LogP contribution in [-0.2, 0) is 21.2 Å². The SMILES string of the molecule is CC1CCC(C2=NS(=O)(=O)N(CC3CC3)C(C(=O)Nc3ccnc(C(F)(F)F)n3)=C2)CC1. The standard InChI is InChI=1S/C20H24F3N5O3S/c1-12-2-6-14(7-3-12)15-10-16(28(11-13-4-5-13)32(30,31)27-15)18(29)25-17-8-9-24-19(26-17)20(21,22)23/h8-10,12-14H,2-7,11H2,1H3,(H,24,25,26,29). The highest BCUT2D eigenvalue weighted by Crippen LogP contribution is 2.36. The molecule has 1 aromatic rings.